The van der Waals surface area contributed by atoms with Gasteiger partial charge in [-0.2, -0.15) is 0 Å². The van der Waals surface area contributed by atoms with Crippen molar-refractivity contribution in [2.45, 2.75) is 31.1 Å². The van der Waals surface area contributed by atoms with Crippen molar-refractivity contribution in [3.63, 3.8) is 0 Å². The van der Waals surface area contributed by atoms with Crippen LogP contribution in [0, 0.1) is 0 Å². The Hall–Kier alpha value is -1.66. The van der Waals surface area contributed by atoms with Gasteiger partial charge in [0, 0.05) is 5.56 Å². The van der Waals surface area contributed by atoms with Gasteiger partial charge in [-0.05, 0) is 26.3 Å². The molecule has 0 spiro atoms. The number of esters is 2. The molecule has 6 heteroatoms. The maximum absolute atomic E-state index is 12.0. The summed E-state index contributed by atoms with van der Waals surface area (Å²) < 4.78 is 4.82. The van der Waals surface area contributed by atoms with Crippen LogP contribution in [0.2, 0.25) is 0 Å². The Morgan fingerprint density at radius 1 is 1.29 bits per heavy atom. The molecular weight excluding hydrogens is 290 g/mol. The number of hydrogen-bond acceptors (Lipinski definition) is 6. The zero-order chi connectivity index (χ0) is 15.2. The minimum atomic E-state index is -0.719. The summed E-state index contributed by atoms with van der Waals surface area (Å²) in [5.74, 6) is -1.24. The smallest absolute Gasteiger partial charge is 0.330 e. The highest BCUT2D eigenvalue weighted by Gasteiger charge is 2.28. The zero-order valence-corrected chi connectivity index (χ0v) is 12.5. The largest absolute Gasteiger partial charge is 0.391 e. The van der Waals surface area contributed by atoms with Crippen molar-refractivity contribution in [1.29, 1.82) is 0 Å². The molecule has 0 bridgehead atoms. The quantitative estimate of drug-likeness (QED) is 0.675. The molecule has 0 radical (unpaired) electrons. The van der Waals surface area contributed by atoms with Crippen LogP contribution in [0.1, 0.15) is 30.1 Å². The summed E-state index contributed by atoms with van der Waals surface area (Å²) >= 11 is 0.859. The van der Waals surface area contributed by atoms with Crippen LogP contribution in [0.3, 0.4) is 0 Å². The summed E-state index contributed by atoms with van der Waals surface area (Å²) in [5, 5.41) is 2.03. The molecule has 0 aliphatic carbocycles. The molecule has 1 fully saturated rings. The SMILES string of the molecule is CC(SC(=O)c1ccccc1)C(=O)OC(=O)[C@@H]1CCCN1. The summed E-state index contributed by atoms with van der Waals surface area (Å²) in [6, 6.07) is 8.28. The lowest BCUT2D eigenvalue weighted by atomic mass is 10.2. The van der Waals surface area contributed by atoms with E-state index >= 15 is 0 Å². The molecule has 2 atom stereocenters. The maximum Gasteiger partial charge on any atom is 0.330 e. The van der Waals surface area contributed by atoms with Crippen LogP contribution in [-0.4, -0.2) is 34.9 Å². The van der Waals surface area contributed by atoms with Crippen LogP contribution in [-0.2, 0) is 14.3 Å². The normalized spacial score (nSPS) is 19.0. The molecule has 2 rings (SSSR count). The number of carbonyl (C=O) groups excluding carboxylic acids is 3. The number of benzene rings is 1. The van der Waals surface area contributed by atoms with Crippen molar-refractivity contribution < 1.29 is 19.1 Å². The van der Waals surface area contributed by atoms with E-state index in [1.807, 2.05) is 6.07 Å². The third kappa shape index (κ3) is 4.41. The van der Waals surface area contributed by atoms with E-state index in [4.69, 9.17) is 4.74 Å². The van der Waals surface area contributed by atoms with Crippen molar-refractivity contribution in [3.05, 3.63) is 35.9 Å². The average molecular weight is 307 g/mol. The number of rotatable bonds is 4. The molecule has 5 nitrogen and oxygen atoms in total. The number of thioether (sulfide) groups is 1. The van der Waals surface area contributed by atoms with E-state index in [0.29, 0.717) is 12.0 Å². The lowest BCUT2D eigenvalue weighted by molar-refractivity contribution is -0.160. The third-order valence-corrected chi connectivity index (χ3v) is 4.17. The molecule has 1 aromatic rings. The first kappa shape index (κ1) is 15.7. The first-order chi connectivity index (χ1) is 10.1. The minimum Gasteiger partial charge on any atom is -0.391 e. The molecule has 0 amide bonds. The van der Waals surface area contributed by atoms with Crippen molar-refractivity contribution in [2.24, 2.45) is 0 Å². The highest BCUT2D eigenvalue weighted by Crippen LogP contribution is 2.19. The average Bonchev–Trinajstić information content (AvgIpc) is 3.02. The van der Waals surface area contributed by atoms with Gasteiger partial charge in [-0.25, -0.2) is 4.79 Å². The van der Waals surface area contributed by atoms with Crippen molar-refractivity contribution in [2.75, 3.05) is 6.54 Å². The molecule has 0 aromatic heterocycles. The second-order valence-corrected chi connectivity index (χ2v) is 6.12. The number of hydrogen-bond donors (Lipinski definition) is 1. The van der Waals surface area contributed by atoms with Gasteiger partial charge in [0.25, 0.3) is 0 Å². The van der Waals surface area contributed by atoms with Crippen LogP contribution in [0.15, 0.2) is 30.3 Å². The van der Waals surface area contributed by atoms with Crippen LogP contribution in [0.4, 0.5) is 0 Å². The summed E-state index contributed by atoms with van der Waals surface area (Å²) in [7, 11) is 0. The third-order valence-electron chi connectivity index (χ3n) is 3.17. The minimum absolute atomic E-state index is 0.216. The van der Waals surface area contributed by atoms with Gasteiger partial charge in [-0.15, -0.1) is 0 Å². The summed E-state index contributed by atoms with van der Waals surface area (Å²) in [4.78, 5) is 35.5. The molecule has 1 aliphatic heterocycles. The molecular formula is C15H17NO4S. The maximum atomic E-state index is 12.0. The van der Waals surface area contributed by atoms with Gasteiger partial charge < -0.3 is 10.1 Å². The Kier molecular flexibility index (Phi) is 5.52. The second kappa shape index (κ2) is 7.38. The molecule has 1 aliphatic rings. The predicted molar refractivity (Wildman–Crippen MR) is 79.9 cm³/mol. The standard InChI is InChI=1S/C15H17NO4S/c1-10(21-15(19)11-6-3-2-4-7-11)13(17)20-14(18)12-8-5-9-16-12/h2-4,6-7,10,12,16H,5,8-9H2,1H3/t10?,12-/m0/s1. The van der Waals surface area contributed by atoms with Crippen LogP contribution in [0.5, 0.6) is 0 Å². The molecule has 0 saturated carbocycles. The van der Waals surface area contributed by atoms with Gasteiger partial charge >= 0.3 is 11.9 Å². The number of nitrogens with one attached hydrogen (secondary N) is 1. The number of ether oxygens (including phenoxy) is 1. The van der Waals surface area contributed by atoms with Gasteiger partial charge in [-0.3, -0.25) is 9.59 Å². The van der Waals surface area contributed by atoms with Gasteiger partial charge in [-0.1, -0.05) is 42.1 Å². The van der Waals surface area contributed by atoms with Crippen LogP contribution >= 0.6 is 11.8 Å². The monoisotopic (exact) mass is 307 g/mol. The van der Waals surface area contributed by atoms with E-state index in [1.54, 1.807) is 31.2 Å². The Labute approximate surface area is 127 Å². The topological polar surface area (TPSA) is 72.5 Å². The molecule has 1 saturated heterocycles. The Bertz CT molecular complexity index is 526. The summed E-state index contributed by atoms with van der Waals surface area (Å²) in [5.41, 5.74) is 0.519. The van der Waals surface area contributed by atoms with E-state index in [-0.39, 0.29) is 5.12 Å². The molecule has 1 N–H and O–H groups in total. The van der Waals surface area contributed by atoms with E-state index in [9.17, 15) is 14.4 Å². The van der Waals surface area contributed by atoms with Crippen LogP contribution in [0.25, 0.3) is 0 Å². The highest BCUT2D eigenvalue weighted by molar-refractivity contribution is 8.15. The van der Waals surface area contributed by atoms with E-state index in [1.165, 1.54) is 0 Å². The fraction of sp³-hybridized carbons (Fsp3) is 0.400. The van der Waals surface area contributed by atoms with Crippen molar-refractivity contribution >= 4 is 28.8 Å². The van der Waals surface area contributed by atoms with E-state index < -0.39 is 23.2 Å². The van der Waals surface area contributed by atoms with Crippen molar-refractivity contribution in [1.82, 2.24) is 5.32 Å². The molecule has 112 valence electrons. The predicted octanol–water partition coefficient (Wildman–Crippen LogP) is 1.77. The van der Waals surface area contributed by atoms with Crippen LogP contribution < -0.4 is 5.32 Å². The number of carbonyl (C=O) groups is 3. The van der Waals surface area contributed by atoms with Gasteiger partial charge in [0.2, 0.25) is 5.12 Å². The van der Waals surface area contributed by atoms with Crippen molar-refractivity contribution in [3.8, 4) is 0 Å². The van der Waals surface area contributed by atoms with Gasteiger partial charge in [0.1, 0.15) is 11.3 Å². The molecule has 1 unspecified atom stereocenters. The highest BCUT2D eigenvalue weighted by atomic mass is 32.2. The lowest BCUT2D eigenvalue weighted by Gasteiger charge is -2.12. The lowest BCUT2D eigenvalue weighted by Crippen LogP contribution is -2.35. The Morgan fingerprint density at radius 3 is 2.62 bits per heavy atom. The zero-order valence-electron chi connectivity index (χ0n) is 11.7. The van der Waals surface area contributed by atoms with E-state index in [0.717, 1.165) is 24.7 Å². The first-order valence-electron chi connectivity index (χ1n) is 6.83. The molecule has 1 heterocycles. The molecule has 1 aromatic carbocycles. The second-order valence-electron chi connectivity index (χ2n) is 4.80. The van der Waals surface area contributed by atoms with Gasteiger partial charge in [0.15, 0.2) is 0 Å². The molecule has 21 heavy (non-hydrogen) atoms. The van der Waals surface area contributed by atoms with E-state index in [2.05, 4.69) is 5.32 Å². The fourth-order valence-electron chi connectivity index (χ4n) is 1.99. The Balaban J connectivity index is 1.84. The summed E-state index contributed by atoms with van der Waals surface area (Å²) in [6.07, 6.45) is 1.57. The summed E-state index contributed by atoms with van der Waals surface area (Å²) in [6.45, 7) is 2.31. The fourth-order valence-corrected chi connectivity index (χ4v) is 2.73. The Morgan fingerprint density at radius 2 is 2.00 bits per heavy atom. The van der Waals surface area contributed by atoms with Gasteiger partial charge in [0.05, 0.1) is 0 Å². The first-order valence-corrected chi connectivity index (χ1v) is 7.71.